The molecule has 0 aromatic carbocycles. The predicted molar refractivity (Wildman–Crippen MR) is 58.5 cm³/mol. The van der Waals surface area contributed by atoms with Crippen LogP contribution in [-0.4, -0.2) is 32.9 Å². The quantitative estimate of drug-likeness (QED) is 0.540. The van der Waals surface area contributed by atoms with Crippen LogP contribution in [0.2, 0.25) is 0 Å². The number of rotatable bonds is 1. The lowest BCUT2D eigenvalue weighted by atomic mass is 10.2. The summed E-state index contributed by atoms with van der Waals surface area (Å²) in [6, 6.07) is 0. The van der Waals surface area contributed by atoms with E-state index in [2.05, 4.69) is 15.3 Å². The summed E-state index contributed by atoms with van der Waals surface area (Å²) in [5, 5.41) is 3.22. The van der Waals surface area contributed by atoms with Gasteiger partial charge in [-0.1, -0.05) is 0 Å². The SMILES string of the molecule is CN1C(=O)/C(=C/c2cncnc2)NC1=S. The summed E-state index contributed by atoms with van der Waals surface area (Å²) < 4.78 is 0. The Labute approximate surface area is 91.8 Å². The summed E-state index contributed by atoms with van der Waals surface area (Å²) in [4.78, 5) is 20.7. The molecule has 0 aliphatic carbocycles. The minimum Gasteiger partial charge on any atom is -0.328 e. The minimum absolute atomic E-state index is 0.149. The van der Waals surface area contributed by atoms with Crippen LogP contribution in [0.5, 0.6) is 0 Å². The van der Waals surface area contributed by atoms with E-state index in [4.69, 9.17) is 12.2 Å². The molecule has 1 amide bonds. The molecule has 2 rings (SSSR count). The smallest absolute Gasteiger partial charge is 0.276 e. The zero-order valence-corrected chi connectivity index (χ0v) is 8.78. The molecule has 15 heavy (non-hydrogen) atoms. The Kier molecular flexibility index (Phi) is 2.42. The molecule has 1 aliphatic rings. The lowest BCUT2D eigenvalue weighted by Gasteiger charge is -2.02. The normalized spacial score (nSPS) is 18.5. The first-order chi connectivity index (χ1) is 7.18. The van der Waals surface area contributed by atoms with Crippen LogP contribution in [-0.2, 0) is 4.79 Å². The highest BCUT2D eigenvalue weighted by Crippen LogP contribution is 2.10. The molecule has 5 nitrogen and oxygen atoms in total. The number of carbonyl (C=O) groups is 1. The van der Waals surface area contributed by atoms with Gasteiger partial charge in [0.2, 0.25) is 0 Å². The van der Waals surface area contributed by atoms with Crippen molar-refractivity contribution in [2.75, 3.05) is 7.05 Å². The monoisotopic (exact) mass is 220 g/mol. The van der Waals surface area contributed by atoms with Gasteiger partial charge < -0.3 is 5.32 Å². The maximum atomic E-state index is 11.6. The van der Waals surface area contributed by atoms with E-state index in [0.29, 0.717) is 10.8 Å². The van der Waals surface area contributed by atoms with Gasteiger partial charge in [0.25, 0.3) is 5.91 Å². The predicted octanol–water partition coefficient (Wildman–Crippen LogP) is 0.164. The number of hydrogen-bond acceptors (Lipinski definition) is 4. The molecule has 1 aliphatic heterocycles. The van der Waals surface area contributed by atoms with Crippen molar-refractivity contribution in [3.63, 3.8) is 0 Å². The Morgan fingerprint density at radius 3 is 2.67 bits per heavy atom. The Morgan fingerprint density at radius 1 is 1.47 bits per heavy atom. The van der Waals surface area contributed by atoms with E-state index >= 15 is 0 Å². The molecular weight excluding hydrogens is 212 g/mol. The van der Waals surface area contributed by atoms with Crippen LogP contribution in [0.4, 0.5) is 0 Å². The van der Waals surface area contributed by atoms with Crippen LogP contribution in [0.3, 0.4) is 0 Å². The van der Waals surface area contributed by atoms with Gasteiger partial charge in [0.1, 0.15) is 12.0 Å². The minimum atomic E-state index is -0.149. The molecule has 1 aromatic heterocycles. The third kappa shape index (κ3) is 1.84. The van der Waals surface area contributed by atoms with Gasteiger partial charge in [-0.15, -0.1) is 0 Å². The fourth-order valence-corrected chi connectivity index (χ4v) is 1.37. The van der Waals surface area contributed by atoms with E-state index in [1.54, 1.807) is 25.5 Å². The van der Waals surface area contributed by atoms with Crippen molar-refractivity contribution < 1.29 is 4.79 Å². The van der Waals surface area contributed by atoms with Crippen LogP contribution in [0.1, 0.15) is 5.56 Å². The topological polar surface area (TPSA) is 58.1 Å². The van der Waals surface area contributed by atoms with Gasteiger partial charge in [-0.3, -0.25) is 9.69 Å². The average Bonchev–Trinajstić information content (AvgIpc) is 2.48. The standard InChI is InChI=1S/C9H8N4OS/c1-13-8(14)7(12-9(13)15)2-6-3-10-5-11-4-6/h2-5H,1H3,(H,12,15)/b7-2-. The largest absolute Gasteiger partial charge is 0.328 e. The second kappa shape index (κ2) is 3.74. The summed E-state index contributed by atoms with van der Waals surface area (Å²) in [6.07, 6.45) is 6.34. The van der Waals surface area contributed by atoms with E-state index in [0.717, 1.165) is 5.56 Å². The van der Waals surface area contributed by atoms with Crippen molar-refractivity contribution in [2.24, 2.45) is 0 Å². The molecule has 0 spiro atoms. The van der Waals surface area contributed by atoms with Crippen LogP contribution >= 0.6 is 12.2 Å². The van der Waals surface area contributed by atoms with E-state index in [-0.39, 0.29) is 5.91 Å². The van der Waals surface area contributed by atoms with Crippen LogP contribution in [0.15, 0.2) is 24.4 Å². The number of aromatic nitrogens is 2. The highest BCUT2D eigenvalue weighted by Gasteiger charge is 2.26. The molecule has 0 bridgehead atoms. The number of nitrogens with one attached hydrogen (secondary N) is 1. The fraction of sp³-hybridized carbons (Fsp3) is 0.111. The summed E-state index contributed by atoms with van der Waals surface area (Å²) in [6.45, 7) is 0. The van der Waals surface area contributed by atoms with Gasteiger partial charge in [0, 0.05) is 25.0 Å². The zero-order chi connectivity index (χ0) is 10.8. The molecule has 0 saturated carbocycles. The Balaban J connectivity index is 2.30. The molecule has 0 radical (unpaired) electrons. The fourth-order valence-electron chi connectivity index (χ4n) is 1.18. The summed E-state index contributed by atoms with van der Waals surface area (Å²) in [7, 11) is 1.62. The summed E-state index contributed by atoms with van der Waals surface area (Å²) in [5.74, 6) is -0.149. The molecule has 2 heterocycles. The lowest BCUT2D eigenvalue weighted by molar-refractivity contribution is -0.121. The number of likely N-dealkylation sites (N-methyl/N-ethyl adjacent to an activating group) is 1. The molecular formula is C9H8N4OS. The number of amides is 1. The van der Waals surface area contributed by atoms with E-state index < -0.39 is 0 Å². The van der Waals surface area contributed by atoms with Crippen molar-refractivity contribution in [1.82, 2.24) is 20.2 Å². The molecule has 1 aromatic rings. The van der Waals surface area contributed by atoms with Gasteiger partial charge in [-0.25, -0.2) is 9.97 Å². The van der Waals surface area contributed by atoms with E-state index in [1.165, 1.54) is 11.2 Å². The van der Waals surface area contributed by atoms with Crippen LogP contribution in [0, 0.1) is 0 Å². The molecule has 0 atom stereocenters. The van der Waals surface area contributed by atoms with Gasteiger partial charge in [0.05, 0.1) is 0 Å². The highest BCUT2D eigenvalue weighted by atomic mass is 32.1. The first kappa shape index (κ1) is 9.72. The lowest BCUT2D eigenvalue weighted by Crippen LogP contribution is -2.25. The van der Waals surface area contributed by atoms with Crippen LogP contribution < -0.4 is 5.32 Å². The van der Waals surface area contributed by atoms with Crippen molar-refractivity contribution >= 4 is 29.3 Å². The molecule has 1 fully saturated rings. The number of carbonyl (C=O) groups excluding carboxylic acids is 1. The molecule has 76 valence electrons. The number of nitrogens with zero attached hydrogens (tertiary/aromatic N) is 3. The second-order valence-corrected chi connectivity index (χ2v) is 3.41. The first-order valence-corrected chi connectivity index (χ1v) is 4.65. The van der Waals surface area contributed by atoms with Gasteiger partial charge in [0.15, 0.2) is 5.11 Å². The van der Waals surface area contributed by atoms with Crippen molar-refractivity contribution in [3.8, 4) is 0 Å². The first-order valence-electron chi connectivity index (χ1n) is 4.24. The van der Waals surface area contributed by atoms with Crippen molar-refractivity contribution in [1.29, 1.82) is 0 Å². The zero-order valence-electron chi connectivity index (χ0n) is 7.97. The molecule has 6 heteroatoms. The highest BCUT2D eigenvalue weighted by molar-refractivity contribution is 7.80. The number of thiocarbonyl (C=S) groups is 1. The van der Waals surface area contributed by atoms with Crippen molar-refractivity contribution in [3.05, 3.63) is 30.0 Å². The molecule has 1 saturated heterocycles. The summed E-state index contributed by atoms with van der Waals surface area (Å²) >= 11 is 4.93. The molecule has 1 N–H and O–H groups in total. The van der Waals surface area contributed by atoms with E-state index in [9.17, 15) is 4.79 Å². The average molecular weight is 220 g/mol. The van der Waals surface area contributed by atoms with Gasteiger partial charge >= 0.3 is 0 Å². The van der Waals surface area contributed by atoms with Crippen molar-refractivity contribution in [2.45, 2.75) is 0 Å². The Hall–Kier alpha value is -1.82. The van der Waals surface area contributed by atoms with Gasteiger partial charge in [-0.2, -0.15) is 0 Å². The van der Waals surface area contributed by atoms with E-state index in [1.807, 2.05) is 0 Å². The second-order valence-electron chi connectivity index (χ2n) is 3.02. The Morgan fingerprint density at radius 2 is 2.13 bits per heavy atom. The maximum absolute atomic E-state index is 11.6. The third-order valence-corrected chi connectivity index (χ3v) is 2.35. The Bertz CT molecular complexity index is 443. The number of hydrogen-bond donors (Lipinski definition) is 1. The van der Waals surface area contributed by atoms with Gasteiger partial charge in [-0.05, 0) is 18.3 Å². The molecule has 0 unspecified atom stereocenters. The summed E-state index contributed by atoms with van der Waals surface area (Å²) in [5.41, 5.74) is 1.20. The third-order valence-electron chi connectivity index (χ3n) is 1.97. The maximum Gasteiger partial charge on any atom is 0.276 e. The van der Waals surface area contributed by atoms with Crippen LogP contribution in [0.25, 0.3) is 6.08 Å².